The molecule has 1 amide bonds. The van der Waals surface area contributed by atoms with Gasteiger partial charge >= 0.3 is 12.1 Å². The van der Waals surface area contributed by atoms with Gasteiger partial charge in [0, 0.05) is 13.1 Å². The Kier molecular flexibility index (Phi) is 9.97. The molecule has 24 heavy (non-hydrogen) atoms. The lowest BCUT2D eigenvalue weighted by molar-refractivity contribution is -0.151. The number of aliphatic carboxylic acids is 1. The van der Waals surface area contributed by atoms with E-state index >= 15 is 0 Å². The summed E-state index contributed by atoms with van der Waals surface area (Å²) in [5, 5.41) is 12.5. The SMILES string of the molecule is CCCCN(CCNC(=O)OC(C)(C)C)[C@@](C)(CCCC)C(=O)O. The predicted octanol–water partition coefficient (Wildman–Crippen LogP) is 3.65. The van der Waals surface area contributed by atoms with Gasteiger partial charge in [-0.05, 0) is 47.1 Å². The number of ether oxygens (including phenoxy) is 1. The molecule has 0 saturated heterocycles. The molecule has 0 fully saturated rings. The van der Waals surface area contributed by atoms with Gasteiger partial charge in [0.05, 0.1) is 0 Å². The number of amides is 1. The minimum absolute atomic E-state index is 0.369. The number of nitrogens with one attached hydrogen (secondary N) is 1. The Labute approximate surface area is 146 Å². The molecule has 6 heteroatoms. The molecule has 0 saturated carbocycles. The molecule has 6 nitrogen and oxygen atoms in total. The Hall–Kier alpha value is -1.30. The van der Waals surface area contributed by atoms with Crippen LogP contribution in [0, 0.1) is 0 Å². The number of hydrogen-bond acceptors (Lipinski definition) is 4. The molecule has 0 spiro atoms. The zero-order chi connectivity index (χ0) is 18.8. The Morgan fingerprint density at radius 1 is 1.04 bits per heavy atom. The molecule has 1 atom stereocenters. The summed E-state index contributed by atoms with van der Waals surface area (Å²) in [7, 11) is 0. The van der Waals surface area contributed by atoms with Gasteiger partial charge in [0.15, 0.2) is 0 Å². The van der Waals surface area contributed by atoms with Gasteiger partial charge in [-0.15, -0.1) is 0 Å². The molecule has 0 heterocycles. The highest BCUT2D eigenvalue weighted by Crippen LogP contribution is 2.23. The standard InChI is InChI=1S/C18H36N2O4/c1-7-9-11-18(6,15(21)22)20(13-10-8-2)14-12-19-16(23)24-17(3,4)5/h7-14H2,1-6H3,(H,19,23)(H,21,22)/t18-/m0/s1. The number of carbonyl (C=O) groups is 2. The summed E-state index contributed by atoms with van der Waals surface area (Å²) in [4.78, 5) is 25.6. The fourth-order valence-electron chi connectivity index (χ4n) is 2.48. The van der Waals surface area contributed by atoms with Crippen LogP contribution in [-0.4, -0.2) is 52.8 Å². The first kappa shape index (κ1) is 22.7. The van der Waals surface area contributed by atoms with Crippen molar-refractivity contribution in [3.8, 4) is 0 Å². The van der Waals surface area contributed by atoms with Crippen molar-refractivity contribution in [1.29, 1.82) is 0 Å². The van der Waals surface area contributed by atoms with E-state index in [0.29, 0.717) is 26.1 Å². The number of carbonyl (C=O) groups excluding carboxylic acids is 1. The molecular weight excluding hydrogens is 308 g/mol. The van der Waals surface area contributed by atoms with Crippen molar-refractivity contribution in [2.24, 2.45) is 0 Å². The molecule has 0 bridgehead atoms. The molecule has 0 radical (unpaired) electrons. The van der Waals surface area contributed by atoms with E-state index in [1.54, 1.807) is 6.92 Å². The topological polar surface area (TPSA) is 78.9 Å². The molecule has 0 aromatic carbocycles. The first-order chi connectivity index (χ1) is 11.1. The molecule has 142 valence electrons. The van der Waals surface area contributed by atoms with Crippen LogP contribution in [0.1, 0.15) is 73.6 Å². The number of unbranched alkanes of at least 4 members (excludes halogenated alkanes) is 2. The largest absolute Gasteiger partial charge is 0.480 e. The van der Waals surface area contributed by atoms with Crippen LogP contribution < -0.4 is 5.32 Å². The van der Waals surface area contributed by atoms with E-state index in [4.69, 9.17) is 4.74 Å². The summed E-state index contributed by atoms with van der Waals surface area (Å²) < 4.78 is 5.21. The zero-order valence-electron chi connectivity index (χ0n) is 16.3. The van der Waals surface area contributed by atoms with Gasteiger partial charge in [-0.3, -0.25) is 9.69 Å². The van der Waals surface area contributed by atoms with E-state index in [-0.39, 0.29) is 0 Å². The fraction of sp³-hybridized carbons (Fsp3) is 0.889. The second-order valence-electron chi connectivity index (χ2n) is 7.45. The maximum absolute atomic E-state index is 11.9. The summed E-state index contributed by atoms with van der Waals surface area (Å²) in [6.45, 7) is 12.9. The number of alkyl carbamates (subject to hydrolysis) is 1. The smallest absolute Gasteiger partial charge is 0.407 e. The van der Waals surface area contributed by atoms with Gasteiger partial charge in [0.2, 0.25) is 0 Å². The molecule has 0 aliphatic carbocycles. The van der Waals surface area contributed by atoms with Crippen LogP contribution in [0.3, 0.4) is 0 Å². The fourth-order valence-corrected chi connectivity index (χ4v) is 2.48. The van der Waals surface area contributed by atoms with Gasteiger partial charge in [0.25, 0.3) is 0 Å². The highest BCUT2D eigenvalue weighted by molar-refractivity contribution is 5.78. The molecule has 0 rings (SSSR count). The molecule has 0 aliphatic heterocycles. The number of carboxylic acid groups (broad SMARTS) is 1. The van der Waals surface area contributed by atoms with Crippen LogP contribution in [-0.2, 0) is 9.53 Å². The number of nitrogens with zero attached hydrogens (tertiary/aromatic N) is 1. The van der Waals surface area contributed by atoms with Crippen LogP contribution in [0.5, 0.6) is 0 Å². The van der Waals surface area contributed by atoms with E-state index in [0.717, 1.165) is 25.7 Å². The lowest BCUT2D eigenvalue weighted by atomic mass is 9.92. The Balaban J connectivity index is 4.79. The van der Waals surface area contributed by atoms with Crippen molar-refractivity contribution in [2.75, 3.05) is 19.6 Å². The lowest BCUT2D eigenvalue weighted by Crippen LogP contribution is -2.55. The molecule has 0 aliphatic rings. The predicted molar refractivity (Wildman–Crippen MR) is 96.3 cm³/mol. The van der Waals surface area contributed by atoms with Crippen LogP contribution in [0.15, 0.2) is 0 Å². The summed E-state index contributed by atoms with van der Waals surface area (Å²) in [6.07, 6.45) is 3.89. The van der Waals surface area contributed by atoms with Crippen molar-refractivity contribution >= 4 is 12.1 Å². The summed E-state index contributed by atoms with van der Waals surface area (Å²) >= 11 is 0. The van der Waals surface area contributed by atoms with Crippen molar-refractivity contribution in [1.82, 2.24) is 10.2 Å². The third kappa shape index (κ3) is 8.52. The van der Waals surface area contributed by atoms with Crippen molar-refractivity contribution in [3.05, 3.63) is 0 Å². The minimum atomic E-state index is -0.902. The summed E-state index contributed by atoms with van der Waals surface area (Å²) in [5.74, 6) is -0.802. The minimum Gasteiger partial charge on any atom is -0.480 e. The van der Waals surface area contributed by atoms with Gasteiger partial charge in [-0.2, -0.15) is 0 Å². The van der Waals surface area contributed by atoms with Gasteiger partial charge < -0.3 is 15.2 Å². The first-order valence-corrected chi connectivity index (χ1v) is 9.02. The second-order valence-corrected chi connectivity index (χ2v) is 7.45. The molecule has 0 unspecified atom stereocenters. The van der Waals surface area contributed by atoms with Crippen LogP contribution in [0.2, 0.25) is 0 Å². The normalized spacial score (nSPS) is 14.3. The van der Waals surface area contributed by atoms with E-state index in [2.05, 4.69) is 19.2 Å². The monoisotopic (exact) mass is 344 g/mol. The quantitative estimate of drug-likeness (QED) is 0.598. The lowest BCUT2D eigenvalue weighted by Gasteiger charge is -2.38. The maximum atomic E-state index is 11.9. The average Bonchev–Trinajstić information content (AvgIpc) is 2.46. The second kappa shape index (κ2) is 10.5. The number of rotatable bonds is 11. The Bertz CT molecular complexity index is 393. The number of hydrogen-bond donors (Lipinski definition) is 2. The third-order valence-corrected chi connectivity index (χ3v) is 4.01. The van der Waals surface area contributed by atoms with E-state index in [1.165, 1.54) is 0 Å². The Morgan fingerprint density at radius 2 is 1.62 bits per heavy atom. The molecular formula is C18H36N2O4. The third-order valence-electron chi connectivity index (χ3n) is 4.01. The van der Waals surface area contributed by atoms with Gasteiger partial charge in [-0.1, -0.05) is 33.1 Å². The van der Waals surface area contributed by atoms with Crippen LogP contribution >= 0.6 is 0 Å². The summed E-state index contributed by atoms with van der Waals surface area (Å²) in [6, 6.07) is 0. The highest BCUT2D eigenvalue weighted by Gasteiger charge is 2.38. The first-order valence-electron chi connectivity index (χ1n) is 9.02. The maximum Gasteiger partial charge on any atom is 0.407 e. The van der Waals surface area contributed by atoms with E-state index < -0.39 is 23.2 Å². The molecule has 0 aromatic rings. The van der Waals surface area contributed by atoms with Crippen LogP contribution in [0.25, 0.3) is 0 Å². The molecule has 0 aromatic heterocycles. The highest BCUT2D eigenvalue weighted by atomic mass is 16.6. The Morgan fingerprint density at radius 3 is 2.08 bits per heavy atom. The van der Waals surface area contributed by atoms with Crippen molar-refractivity contribution in [3.63, 3.8) is 0 Å². The summed E-state index contributed by atoms with van der Waals surface area (Å²) in [5.41, 5.74) is -1.44. The number of carboxylic acids is 1. The van der Waals surface area contributed by atoms with E-state index in [1.807, 2.05) is 25.7 Å². The van der Waals surface area contributed by atoms with E-state index in [9.17, 15) is 14.7 Å². The average molecular weight is 344 g/mol. The van der Waals surface area contributed by atoms with Gasteiger partial charge in [0.1, 0.15) is 11.1 Å². The zero-order valence-corrected chi connectivity index (χ0v) is 16.3. The molecule has 2 N–H and O–H groups in total. The van der Waals surface area contributed by atoms with Gasteiger partial charge in [-0.25, -0.2) is 4.79 Å². The van der Waals surface area contributed by atoms with Crippen molar-refractivity contribution in [2.45, 2.75) is 84.8 Å². The van der Waals surface area contributed by atoms with Crippen LogP contribution in [0.4, 0.5) is 4.79 Å². The van der Waals surface area contributed by atoms with Crippen molar-refractivity contribution < 1.29 is 19.4 Å².